The van der Waals surface area contributed by atoms with Gasteiger partial charge in [-0.25, -0.2) is 0 Å². The normalized spacial score (nSPS) is 18.8. The molecule has 5 heteroatoms. The standard InChI is InChI=1S/C15H22N2O3/c1-2-19-10-12-5-3-4-6-14(12)17-15(18)9-13-11-20-8-7-16-13/h3-6,13,16H,2,7-11H2,1H3,(H,17,18). The van der Waals surface area contributed by atoms with Gasteiger partial charge in [0.1, 0.15) is 0 Å². The van der Waals surface area contributed by atoms with Crippen LogP contribution >= 0.6 is 0 Å². The largest absolute Gasteiger partial charge is 0.378 e. The molecule has 1 amide bonds. The van der Waals surface area contributed by atoms with Crippen molar-refractivity contribution in [2.45, 2.75) is 26.0 Å². The first-order valence-corrected chi connectivity index (χ1v) is 7.06. The molecule has 1 atom stereocenters. The number of ether oxygens (including phenoxy) is 2. The third-order valence-electron chi connectivity index (χ3n) is 3.18. The quantitative estimate of drug-likeness (QED) is 0.828. The molecule has 1 heterocycles. The molecule has 1 fully saturated rings. The molecule has 20 heavy (non-hydrogen) atoms. The molecule has 1 aromatic carbocycles. The second-order valence-electron chi connectivity index (χ2n) is 4.77. The summed E-state index contributed by atoms with van der Waals surface area (Å²) in [5.41, 5.74) is 1.82. The molecular formula is C15H22N2O3. The van der Waals surface area contributed by atoms with Gasteiger partial charge in [-0.05, 0) is 13.0 Å². The maximum absolute atomic E-state index is 12.1. The number of carbonyl (C=O) groups excluding carboxylic acids is 1. The number of morpholine rings is 1. The SMILES string of the molecule is CCOCc1ccccc1NC(=O)CC1COCCN1. The Balaban J connectivity index is 1.89. The lowest BCUT2D eigenvalue weighted by Crippen LogP contribution is -2.43. The smallest absolute Gasteiger partial charge is 0.226 e. The molecular weight excluding hydrogens is 256 g/mol. The van der Waals surface area contributed by atoms with Crippen molar-refractivity contribution >= 4 is 11.6 Å². The van der Waals surface area contributed by atoms with E-state index in [0.29, 0.717) is 26.2 Å². The predicted octanol–water partition coefficient (Wildman–Crippen LogP) is 1.54. The van der Waals surface area contributed by atoms with Crippen molar-refractivity contribution in [3.63, 3.8) is 0 Å². The summed E-state index contributed by atoms with van der Waals surface area (Å²) in [5, 5.41) is 6.23. The molecule has 1 aliphatic rings. The van der Waals surface area contributed by atoms with Gasteiger partial charge in [-0.2, -0.15) is 0 Å². The fourth-order valence-corrected chi connectivity index (χ4v) is 2.16. The van der Waals surface area contributed by atoms with Crippen LogP contribution < -0.4 is 10.6 Å². The van der Waals surface area contributed by atoms with Crippen LogP contribution in [0.2, 0.25) is 0 Å². The first-order valence-electron chi connectivity index (χ1n) is 7.06. The lowest BCUT2D eigenvalue weighted by molar-refractivity contribution is -0.117. The Bertz CT molecular complexity index is 431. The average molecular weight is 278 g/mol. The molecule has 0 aliphatic carbocycles. The monoisotopic (exact) mass is 278 g/mol. The van der Waals surface area contributed by atoms with E-state index in [1.807, 2.05) is 31.2 Å². The van der Waals surface area contributed by atoms with Crippen LogP contribution in [0.3, 0.4) is 0 Å². The molecule has 110 valence electrons. The summed E-state index contributed by atoms with van der Waals surface area (Å²) in [6, 6.07) is 7.82. The number of rotatable bonds is 6. The fraction of sp³-hybridized carbons (Fsp3) is 0.533. The Morgan fingerprint density at radius 3 is 3.10 bits per heavy atom. The molecule has 0 spiro atoms. The Labute approximate surface area is 119 Å². The van der Waals surface area contributed by atoms with Crippen LogP contribution in [-0.4, -0.2) is 38.3 Å². The number of hydrogen-bond donors (Lipinski definition) is 2. The first kappa shape index (κ1) is 15.0. The van der Waals surface area contributed by atoms with Crippen molar-refractivity contribution in [3.05, 3.63) is 29.8 Å². The molecule has 2 N–H and O–H groups in total. The Morgan fingerprint density at radius 2 is 2.35 bits per heavy atom. The summed E-state index contributed by atoms with van der Waals surface area (Å²) in [6.07, 6.45) is 0.420. The zero-order valence-electron chi connectivity index (χ0n) is 11.9. The number of anilines is 1. The van der Waals surface area contributed by atoms with E-state index in [-0.39, 0.29) is 11.9 Å². The van der Waals surface area contributed by atoms with Crippen molar-refractivity contribution < 1.29 is 14.3 Å². The van der Waals surface area contributed by atoms with E-state index in [1.165, 1.54) is 0 Å². The van der Waals surface area contributed by atoms with E-state index in [2.05, 4.69) is 10.6 Å². The summed E-state index contributed by atoms with van der Waals surface area (Å²) >= 11 is 0. The van der Waals surface area contributed by atoms with Gasteiger partial charge in [-0.15, -0.1) is 0 Å². The minimum absolute atomic E-state index is 0.00283. The van der Waals surface area contributed by atoms with Crippen LogP contribution in [0.5, 0.6) is 0 Å². The lowest BCUT2D eigenvalue weighted by Gasteiger charge is -2.23. The van der Waals surface area contributed by atoms with Crippen LogP contribution in [0.1, 0.15) is 18.9 Å². The van der Waals surface area contributed by atoms with Gasteiger partial charge in [-0.1, -0.05) is 18.2 Å². The van der Waals surface area contributed by atoms with Crippen molar-refractivity contribution in [2.75, 3.05) is 31.7 Å². The van der Waals surface area contributed by atoms with Gasteiger partial charge in [0.25, 0.3) is 0 Å². The molecule has 0 aromatic heterocycles. The van der Waals surface area contributed by atoms with Gasteiger partial charge in [0.15, 0.2) is 0 Å². The van der Waals surface area contributed by atoms with Crippen LogP contribution in [-0.2, 0) is 20.9 Å². The minimum atomic E-state index is -0.00283. The Kier molecular flexibility index (Phi) is 5.98. The van der Waals surface area contributed by atoms with Gasteiger partial charge in [0.2, 0.25) is 5.91 Å². The number of benzene rings is 1. The van der Waals surface area contributed by atoms with E-state index in [1.54, 1.807) is 0 Å². The maximum Gasteiger partial charge on any atom is 0.226 e. The Hall–Kier alpha value is -1.43. The van der Waals surface area contributed by atoms with E-state index < -0.39 is 0 Å². The van der Waals surface area contributed by atoms with Gasteiger partial charge >= 0.3 is 0 Å². The van der Waals surface area contributed by atoms with Crippen molar-refractivity contribution in [2.24, 2.45) is 0 Å². The van der Waals surface area contributed by atoms with Gasteiger partial charge in [-0.3, -0.25) is 4.79 Å². The second kappa shape index (κ2) is 7.99. The average Bonchev–Trinajstić information content (AvgIpc) is 2.47. The van der Waals surface area contributed by atoms with Crippen molar-refractivity contribution in [3.8, 4) is 0 Å². The minimum Gasteiger partial charge on any atom is -0.378 e. The number of carbonyl (C=O) groups is 1. The highest BCUT2D eigenvalue weighted by molar-refractivity contribution is 5.91. The summed E-state index contributed by atoms with van der Waals surface area (Å²) < 4.78 is 10.8. The van der Waals surface area contributed by atoms with E-state index in [9.17, 15) is 4.79 Å². The molecule has 1 aliphatic heterocycles. The number of para-hydroxylation sites is 1. The van der Waals surface area contributed by atoms with Crippen LogP contribution in [0.4, 0.5) is 5.69 Å². The second-order valence-corrected chi connectivity index (χ2v) is 4.77. The first-order chi connectivity index (χ1) is 9.79. The van der Waals surface area contributed by atoms with Crippen molar-refractivity contribution in [1.82, 2.24) is 5.32 Å². The third-order valence-corrected chi connectivity index (χ3v) is 3.18. The number of nitrogens with one attached hydrogen (secondary N) is 2. The molecule has 1 saturated heterocycles. The van der Waals surface area contributed by atoms with Gasteiger partial charge in [0.05, 0.1) is 19.8 Å². The van der Waals surface area contributed by atoms with E-state index in [0.717, 1.165) is 24.4 Å². The molecule has 5 nitrogen and oxygen atoms in total. The van der Waals surface area contributed by atoms with Crippen LogP contribution in [0.25, 0.3) is 0 Å². The van der Waals surface area contributed by atoms with E-state index >= 15 is 0 Å². The van der Waals surface area contributed by atoms with Crippen molar-refractivity contribution in [1.29, 1.82) is 0 Å². The number of hydrogen-bond acceptors (Lipinski definition) is 4. The molecule has 0 bridgehead atoms. The highest BCUT2D eigenvalue weighted by atomic mass is 16.5. The maximum atomic E-state index is 12.1. The lowest BCUT2D eigenvalue weighted by atomic mass is 10.1. The van der Waals surface area contributed by atoms with Crippen LogP contribution in [0.15, 0.2) is 24.3 Å². The zero-order valence-corrected chi connectivity index (χ0v) is 11.9. The summed E-state index contributed by atoms with van der Waals surface area (Å²) in [6.45, 7) is 5.24. The van der Waals surface area contributed by atoms with Crippen LogP contribution in [0, 0.1) is 0 Å². The predicted molar refractivity (Wildman–Crippen MR) is 77.6 cm³/mol. The molecule has 0 radical (unpaired) electrons. The summed E-state index contributed by atoms with van der Waals surface area (Å²) in [5.74, 6) is -0.00283. The highest BCUT2D eigenvalue weighted by Crippen LogP contribution is 2.16. The molecule has 0 saturated carbocycles. The molecule has 2 rings (SSSR count). The zero-order chi connectivity index (χ0) is 14.2. The van der Waals surface area contributed by atoms with Gasteiger partial charge < -0.3 is 20.1 Å². The molecule has 1 unspecified atom stereocenters. The summed E-state index contributed by atoms with van der Waals surface area (Å²) in [7, 11) is 0. The van der Waals surface area contributed by atoms with E-state index in [4.69, 9.17) is 9.47 Å². The highest BCUT2D eigenvalue weighted by Gasteiger charge is 2.17. The third kappa shape index (κ3) is 4.59. The Morgan fingerprint density at radius 1 is 1.50 bits per heavy atom. The summed E-state index contributed by atoms with van der Waals surface area (Å²) in [4.78, 5) is 12.1. The molecule has 1 aromatic rings. The topological polar surface area (TPSA) is 59.6 Å². The fourth-order valence-electron chi connectivity index (χ4n) is 2.16. The number of amides is 1. The van der Waals surface area contributed by atoms with Gasteiger partial charge in [0, 0.05) is 36.9 Å².